The smallest absolute Gasteiger partial charge is 0.410 e. The van der Waals surface area contributed by atoms with E-state index in [1.54, 1.807) is 25.9 Å². The molecule has 1 saturated heterocycles. The highest BCUT2D eigenvalue weighted by Gasteiger charge is 2.31. The molecule has 5 heteroatoms. The molecule has 1 aliphatic rings. The normalized spacial score (nSPS) is 17.6. The van der Waals surface area contributed by atoms with Crippen LogP contribution in [0.1, 0.15) is 51.6 Å². The molecular weight excluding hydrogens is 366 g/mol. The number of carbonyl (C=O) groups excluding carboxylic acids is 1. The van der Waals surface area contributed by atoms with E-state index in [9.17, 15) is 9.90 Å². The number of amides is 1. The molecule has 158 valence electrons. The Kier molecular flexibility index (Phi) is 8.52. The van der Waals surface area contributed by atoms with Crippen LogP contribution in [0.3, 0.4) is 0 Å². The highest BCUT2D eigenvalue weighted by molar-refractivity contribution is 5.69. The summed E-state index contributed by atoms with van der Waals surface area (Å²) in [6.45, 7) is 6.22. The SMILES string of the molecule is COc1ccc(C(C)N2CCC(CCC(C)(C)O)OC2=O)cc1.c1ccccc1. The second-order valence-corrected chi connectivity index (χ2v) is 7.94. The van der Waals surface area contributed by atoms with Gasteiger partial charge in [-0.15, -0.1) is 0 Å². The van der Waals surface area contributed by atoms with Crippen LogP contribution in [0.5, 0.6) is 5.75 Å². The van der Waals surface area contributed by atoms with Gasteiger partial charge in [0, 0.05) is 13.0 Å². The Balaban J connectivity index is 0.000000426. The summed E-state index contributed by atoms with van der Waals surface area (Å²) < 4.78 is 10.7. The van der Waals surface area contributed by atoms with Crippen LogP contribution in [0.15, 0.2) is 60.7 Å². The number of aliphatic hydroxyl groups is 1. The number of benzene rings is 2. The quantitative estimate of drug-likeness (QED) is 0.725. The summed E-state index contributed by atoms with van der Waals surface area (Å²) in [6.07, 6.45) is 1.73. The van der Waals surface area contributed by atoms with Crippen LogP contribution in [0.25, 0.3) is 0 Å². The molecule has 0 saturated carbocycles. The van der Waals surface area contributed by atoms with Crippen LogP contribution in [0.2, 0.25) is 0 Å². The van der Waals surface area contributed by atoms with Crippen LogP contribution in [-0.4, -0.2) is 41.5 Å². The average Bonchev–Trinajstić information content (AvgIpc) is 2.73. The van der Waals surface area contributed by atoms with E-state index in [0.717, 1.165) is 17.7 Å². The molecule has 1 N–H and O–H groups in total. The number of rotatable bonds is 6. The lowest BCUT2D eigenvalue weighted by atomic mass is 9.98. The average molecular weight is 400 g/mol. The van der Waals surface area contributed by atoms with Crippen molar-refractivity contribution in [1.82, 2.24) is 4.90 Å². The van der Waals surface area contributed by atoms with E-state index in [4.69, 9.17) is 9.47 Å². The van der Waals surface area contributed by atoms with Crippen molar-refractivity contribution in [3.8, 4) is 5.75 Å². The molecule has 1 heterocycles. The molecular formula is C24H33NO4. The Hall–Kier alpha value is -2.53. The third-order valence-corrected chi connectivity index (χ3v) is 5.00. The largest absolute Gasteiger partial charge is 0.497 e. The summed E-state index contributed by atoms with van der Waals surface area (Å²) >= 11 is 0. The highest BCUT2D eigenvalue weighted by atomic mass is 16.6. The van der Waals surface area contributed by atoms with Gasteiger partial charge in [0.2, 0.25) is 0 Å². The first-order chi connectivity index (χ1) is 13.8. The predicted molar refractivity (Wildman–Crippen MR) is 115 cm³/mol. The summed E-state index contributed by atoms with van der Waals surface area (Å²) in [7, 11) is 1.63. The Morgan fingerprint density at radius 1 is 1.14 bits per heavy atom. The van der Waals surface area contributed by atoms with E-state index in [1.165, 1.54) is 0 Å². The zero-order valence-corrected chi connectivity index (χ0v) is 17.9. The Morgan fingerprint density at radius 2 is 1.69 bits per heavy atom. The molecule has 1 amide bonds. The fourth-order valence-corrected chi connectivity index (χ4v) is 3.16. The number of carbonyl (C=O) groups is 1. The fourth-order valence-electron chi connectivity index (χ4n) is 3.16. The van der Waals surface area contributed by atoms with E-state index in [1.807, 2.05) is 67.6 Å². The predicted octanol–water partition coefficient (Wildman–Crippen LogP) is 5.20. The first kappa shape index (κ1) is 22.8. The Morgan fingerprint density at radius 3 is 2.14 bits per heavy atom. The molecule has 29 heavy (non-hydrogen) atoms. The number of cyclic esters (lactones) is 1. The number of nitrogens with zero attached hydrogens (tertiary/aromatic N) is 1. The van der Waals surface area contributed by atoms with Gasteiger partial charge >= 0.3 is 6.09 Å². The molecule has 2 aromatic rings. The van der Waals surface area contributed by atoms with Gasteiger partial charge in [0.1, 0.15) is 11.9 Å². The number of hydrogen-bond acceptors (Lipinski definition) is 4. The van der Waals surface area contributed by atoms with Crippen LogP contribution >= 0.6 is 0 Å². The van der Waals surface area contributed by atoms with Crippen LogP contribution < -0.4 is 4.74 Å². The molecule has 0 bridgehead atoms. The summed E-state index contributed by atoms with van der Waals surface area (Å²) in [5.41, 5.74) is 0.331. The van der Waals surface area contributed by atoms with Crippen molar-refractivity contribution in [3.05, 3.63) is 66.2 Å². The van der Waals surface area contributed by atoms with Gasteiger partial charge in [0.25, 0.3) is 0 Å². The van der Waals surface area contributed by atoms with Crippen molar-refractivity contribution in [1.29, 1.82) is 0 Å². The molecule has 1 aliphatic heterocycles. The molecule has 0 spiro atoms. The molecule has 5 nitrogen and oxygen atoms in total. The van der Waals surface area contributed by atoms with E-state index in [-0.39, 0.29) is 18.2 Å². The molecule has 0 radical (unpaired) electrons. The van der Waals surface area contributed by atoms with Crippen LogP contribution in [-0.2, 0) is 4.74 Å². The van der Waals surface area contributed by atoms with Gasteiger partial charge in [0.05, 0.1) is 18.8 Å². The maximum Gasteiger partial charge on any atom is 0.410 e. The summed E-state index contributed by atoms with van der Waals surface area (Å²) in [6, 6.07) is 19.7. The zero-order valence-electron chi connectivity index (χ0n) is 17.9. The van der Waals surface area contributed by atoms with E-state index >= 15 is 0 Å². The van der Waals surface area contributed by atoms with Gasteiger partial charge in [-0.05, 0) is 51.3 Å². The molecule has 3 rings (SSSR count). The zero-order chi connectivity index (χ0) is 21.3. The molecule has 2 atom stereocenters. The monoisotopic (exact) mass is 399 g/mol. The van der Waals surface area contributed by atoms with Crippen molar-refractivity contribution in [2.75, 3.05) is 13.7 Å². The van der Waals surface area contributed by atoms with Crippen molar-refractivity contribution >= 4 is 6.09 Å². The first-order valence-electron chi connectivity index (χ1n) is 10.1. The second kappa shape index (κ2) is 10.9. The van der Waals surface area contributed by atoms with Gasteiger partial charge in [-0.1, -0.05) is 48.5 Å². The Bertz CT molecular complexity index is 698. The molecule has 2 aromatic carbocycles. The van der Waals surface area contributed by atoms with Crippen molar-refractivity contribution in [2.45, 2.75) is 57.8 Å². The van der Waals surface area contributed by atoms with Crippen molar-refractivity contribution in [2.24, 2.45) is 0 Å². The maximum atomic E-state index is 12.3. The topological polar surface area (TPSA) is 59.0 Å². The van der Waals surface area contributed by atoms with Gasteiger partial charge in [0.15, 0.2) is 0 Å². The number of ether oxygens (including phenoxy) is 2. The van der Waals surface area contributed by atoms with Gasteiger partial charge in [-0.3, -0.25) is 0 Å². The van der Waals surface area contributed by atoms with Gasteiger partial charge in [-0.2, -0.15) is 0 Å². The standard InChI is InChI=1S/C18H27NO4.C6H6/c1-13(14-5-7-15(22-4)8-6-14)19-12-10-16(23-17(19)20)9-11-18(2,3)21;1-2-4-6-5-3-1/h5-8,13,16,21H,9-12H2,1-4H3;1-6H. The second-order valence-electron chi connectivity index (χ2n) is 7.94. The van der Waals surface area contributed by atoms with Crippen molar-refractivity contribution in [3.63, 3.8) is 0 Å². The third-order valence-electron chi connectivity index (χ3n) is 5.00. The minimum atomic E-state index is -0.722. The van der Waals surface area contributed by atoms with E-state index in [0.29, 0.717) is 19.4 Å². The van der Waals surface area contributed by atoms with Crippen molar-refractivity contribution < 1.29 is 19.4 Å². The summed E-state index contributed by atoms with van der Waals surface area (Å²) in [5.74, 6) is 0.800. The third kappa shape index (κ3) is 7.78. The maximum absolute atomic E-state index is 12.3. The first-order valence-corrected chi connectivity index (χ1v) is 10.1. The molecule has 1 fully saturated rings. The molecule has 2 unspecified atom stereocenters. The lowest BCUT2D eigenvalue weighted by Crippen LogP contribution is -2.43. The summed E-state index contributed by atoms with van der Waals surface area (Å²) in [4.78, 5) is 14.0. The van der Waals surface area contributed by atoms with Gasteiger partial charge in [-0.25, -0.2) is 4.79 Å². The fraction of sp³-hybridized carbons (Fsp3) is 0.458. The molecule has 0 aromatic heterocycles. The highest BCUT2D eigenvalue weighted by Crippen LogP contribution is 2.28. The van der Waals surface area contributed by atoms with Crippen LogP contribution in [0, 0.1) is 0 Å². The van der Waals surface area contributed by atoms with Crippen LogP contribution in [0.4, 0.5) is 4.79 Å². The molecule has 0 aliphatic carbocycles. The van der Waals surface area contributed by atoms with E-state index < -0.39 is 5.60 Å². The number of hydrogen-bond donors (Lipinski definition) is 1. The minimum Gasteiger partial charge on any atom is -0.497 e. The lowest BCUT2D eigenvalue weighted by molar-refractivity contribution is -0.00600. The van der Waals surface area contributed by atoms with E-state index in [2.05, 4.69) is 0 Å². The van der Waals surface area contributed by atoms with Gasteiger partial charge < -0.3 is 19.5 Å². The lowest BCUT2D eigenvalue weighted by Gasteiger charge is -2.36. The Labute approximate surface area is 174 Å². The number of methoxy groups -OCH3 is 1. The summed E-state index contributed by atoms with van der Waals surface area (Å²) in [5, 5.41) is 9.78. The minimum absolute atomic E-state index is 0.0383.